The summed E-state index contributed by atoms with van der Waals surface area (Å²) in [6.07, 6.45) is 22.8. The second-order valence-electron chi connectivity index (χ2n) is 11.4. The van der Waals surface area contributed by atoms with Gasteiger partial charge in [-0.3, -0.25) is 0 Å². The fourth-order valence-electron chi connectivity index (χ4n) is 4.97. The Morgan fingerprint density at radius 1 is 0.625 bits per heavy atom. The molecular formula is C36H52N2O2. The number of hydrogen-bond acceptors (Lipinski definition) is 4. The number of nitrogens with zero attached hydrogens (tertiary/aromatic N) is 2. The van der Waals surface area contributed by atoms with Crippen molar-refractivity contribution in [1.29, 1.82) is 0 Å². The van der Waals surface area contributed by atoms with Crippen molar-refractivity contribution < 1.29 is 9.78 Å². The predicted molar refractivity (Wildman–Crippen MR) is 168 cm³/mol. The molecule has 0 aliphatic carbocycles. The van der Waals surface area contributed by atoms with Crippen LogP contribution in [0.1, 0.15) is 116 Å². The Hall–Kier alpha value is -2.72. The van der Waals surface area contributed by atoms with Crippen molar-refractivity contribution in [3.05, 3.63) is 66.5 Å². The Kier molecular flexibility index (Phi) is 15.4. The zero-order valence-corrected chi connectivity index (χ0v) is 25.4. The molecule has 0 aliphatic heterocycles. The highest BCUT2D eigenvalue weighted by Crippen LogP contribution is 2.24. The minimum atomic E-state index is 0.533. The fourth-order valence-corrected chi connectivity index (χ4v) is 4.97. The zero-order chi connectivity index (χ0) is 28.3. The van der Waals surface area contributed by atoms with Gasteiger partial charge in [-0.2, -0.15) is 4.89 Å². The maximum Gasteiger partial charge on any atom is 0.201 e. The fraction of sp³-hybridized carbons (Fsp3) is 0.556. The minimum Gasteiger partial charge on any atom is -0.334 e. The van der Waals surface area contributed by atoms with E-state index in [0.717, 1.165) is 17.9 Å². The quantitative estimate of drug-likeness (QED) is 0.0760. The minimum absolute atomic E-state index is 0.533. The Labute approximate surface area is 243 Å². The van der Waals surface area contributed by atoms with Gasteiger partial charge in [-0.25, -0.2) is 9.97 Å². The third-order valence-electron chi connectivity index (χ3n) is 7.90. The van der Waals surface area contributed by atoms with Crippen LogP contribution in [0.25, 0.3) is 22.5 Å². The van der Waals surface area contributed by atoms with E-state index in [0.29, 0.717) is 18.2 Å². The van der Waals surface area contributed by atoms with Crippen molar-refractivity contribution in [2.75, 3.05) is 6.61 Å². The summed E-state index contributed by atoms with van der Waals surface area (Å²) in [5.74, 6) is 2.07. The van der Waals surface area contributed by atoms with Gasteiger partial charge < -0.3 is 4.89 Å². The maximum atomic E-state index is 5.38. The molecule has 2 aromatic carbocycles. The molecule has 0 bridgehead atoms. The van der Waals surface area contributed by atoms with Crippen molar-refractivity contribution in [1.82, 2.24) is 9.97 Å². The standard InChI is InChI=1S/C36H52N2O2/c1-4-6-7-8-9-12-15-18-31-19-21-32(22-20-31)33-23-25-34(26-24-33)36-37-28-35(29-38-36)40-39-27-16-13-10-11-14-17-30(3)5-2/h19-26,28-30H,4-18,27H2,1-3H3/t30-/m0/s1. The van der Waals surface area contributed by atoms with Gasteiger partial charge in [0.25, 0.3) is 0 Å². The van der Waals surface area contributed by atoms with Gasteiger partial charge in [0.1, 0.15) is 0 Å². The first-order valence-corrected chi connectivity index (χ1v) is 16.0. The Morgan fingerprint density at radius 2 is 1.18 bits per heavy atom. The van der Waals surface area contributed by atoms with E-state index < -0.39 is 0 Å². The van der Waals surface area contributed by atoms with Crippen LogP contribution in [0.3, 0.4) is 0 Å². The van der Waals surface area contributed by atoms with E-state index in [4.69, 9.17) is 9.78 Å². The molecule has 0 radical (unpaired) electrons. The molecule has 218 valence electrons. The number of hydrogen-bond donors (Lipinski definition) is 0. The van der Waals surface area contributed by atoms with Gasteiger partial charge in [-0.05, 0) is 41.9 Å². The Balaban J connectivity index is 1.34. The van der Waals surface area contributed by atoms with E-state index in [9.17, 15) is 0 Å². The van der Waals surface area contributed by atoms with E-state index in [-0.39, 0.29) is 0 Å². The molecule has 4 heteroatoms. The third kappa shape index (κ3) is 12.2. The second kappa shape index (κ2) is 19.4. The highest BCUT2D eigenvalue weighted by atomic mass is 17.2. The van der Waals surface area contributed by atoms with Gasteiger partial charge in [0.15, 0.2) is 5.82 Å². The molecule has 3 rings (SSSR count). The number of aromatic nitrogens is 2. The molecule has 0 aliphatic rings. The average molecular weight is 545 g/mol. The second-order valence-corrected chi connectivity index (χ2v) is 11.4. The summed E-state index contributed by atoms with van der Waals surface area (Å²) >= 11 is 0. The predicted octanol–water partition coefficient (Wildman–Crippen LogP) is 10.8. The smallest absolute Gasteiger partial charge is 0.201 e. The highest BCUT2D eigenvalue weighted by molar-refractivity contribution is 5.67. The summed E-state index contributed by atoms with van der Waals surface area (Å²) < 4.78 is 0. The first-order chi connectivity index (χ1) is 19.7. The van der Waals surface area contributed by atoms with Crippen LogP contribution in [0.4, 0.5) is 0 Å². The molecule has 0 fully saturated rings. The maximum absolute atomic E-state index is 5.38. The molecule has 4 nitrogen and oxygen atoms in total. The monoisotopic (exact) mass is 544 g/mol. The summed E-state index contributed by atoms with van der Waals surface area (Å²) in [4.78, 5) is 19.7. The summed E-state index contributed by atoms with van der Waals surface area (Å²) in [6, 6.07) is 17.5. The van der Waals surface area contributed by atoms with Gasteiger partial charge in [0.2, 0.25) is 5.75 Å². The van der Waals surface area contributed by atoms with Crippen molar-refractivity contribution in [3.8, 4) is 28.3 Å². The molecule has 0 unspecified atom stereocenters. The molecule has 0 saturated carbocycles. The van der Waals surface area contributed by atoms with Crippen LogP contribution in [-0.2, 0) is 11.3 Å². The molecule has 1 aromatic heterocycles. The Bertz CT molecular complexity index is 1030. The average Bonchev–Trinajstić information content (AvgIpc) is 3.00. The number of aryl methyl sites for hydroxylation is 1. The lowest BCUT2D eigenvalue weighted by atomic mass is 10.00. The largest absolute Gasteiger partial charge is 0.334 e. The number of rotatable bonds is 21. The molecule has 3 aromatic rings. The van der Waals surface area contributed by atoms with Crippen molar-refractivity contribution >= 4 is 0 Å². The number of unbranched alkanes of at least 4 members (excludes halogenated alkanes) is 10. The lowest BCUT2D eigenvalue weighted by Crippen LogP contribution is -2.01. The molecule has 1 heterocycles. The molecule has 0 amide bonds. The van der Waals surface area contributed by atoms with Crippen LogP contribution in [0.15, 0.2) is 60.9 Å². The van der Waals surface area contributed by atoms with Crippen LogP contribution >= 0.6 is 0 Å². The van der Waals surface area contributed by atoms with Crippen LogP contribution in [-0.4, -0.2) is 16.6 Å². The first-order valence-electron chi connectivity index (χ1n) is 16.0. The van der Waals surface area contributed by atoms with Crippen molar-refractivity contribution in [2.45, 2.75) is 117 Å². The van der Waals surface area contributed by atoms with Gasteiger partial charge >= 0.3 is 0 Å². The van der Waals surface area contributed by atoms with Gasteiger partial charge in [-0.1, -0.05) is 146 Å². The first kappa shape index (κ1) is 31.8. The van der Waals surface area contributed by atoms with E-state index in [1.54, 1.807) is 12.4 Å². The molecule has 40 heavy (non-hydrogen) atoms. The van der Waals surface area contributed by atoms with Crippen molar-refractivity contribution in [3.63, 3.8) is 0 Å². The highest BCUT2D eigenvalue weighted by Gasteiger charge is 2.05. The third-order valence-corrected chi connectivity index (χ3v) is 7.90. The molecule has 0 spiro atoms. The van der Waals surface area contributed by atoms with E-state index in [1.807, 2.05) is 0 Å². The van der Waals surface area contributed by atoms with E-state index in [1.165, 1.54) is 107 Å². The lowest BCUT2D eigenvalue weighted by Gasteiger charge is -2.08. The molecule has 0 saturated heterocycles. The van der Waals surface area contributed by atoms with Gasteiger partial charge in [0, 0.05) is 5.56 Å². The zero-order valence-electron chi connectivity index (χ0n) is 25.4. The summed E-state index contributed by atoms with van der Waals surface area (Å²) in [5, 5.41) is 0. The summed E-state index contributed by atoms with van der Waals surface area (Å²) in [5.41, 5.74) is 4.86. The van der Waals surface area contributed by atoms with Crippen LogP contribution in [0.5, 0.6) is 5.75 Å². The topological polar surface area (TPSA) is 44.2 Å². The number of benzene rings is 2. The van der Waals surface area contributed by atoms with Crippen LogP contribution in [0, 0.1) is 5.92 Å². The van der Waals surface area contributed by atoms with Crippen molar-refractivity contribution in [2.24, 2.45) is 5.92 Å². The van der Waals surface area contributed by atoms with Crippen LogP contribution < -0.4 is 4.89 Å². The van der Waals surface area contributed by atoms with Gasteiger partial charge in [0.05, 0.1) is 19.0 Å². The summed E-state index contributed by atoms with van der Waals surface area (Å²) in [7, 11) is 0. The van der Waals surface area contributed by atoms with Crippen LogP contribution in [0.2, 0.25) is 0 Å². The summed E-state index contributed by atoms with van der Waals surface area (Å²) in [6.45, 7) is 7.48. The normalized spacial score (nSPS) is 12.0. The molecular weight excluding hydrogens is 492 g/mol. The van der Waals surface area contributed by atoms with E-state index in [2.05, 4.69) is 79.3 Å². The molecule has 1 atom stereocenters. The Morgan fingerprint density at radius 3 is 1.82 bits per heavy atom. The van der Waals surface area contributed by atoms with E-state index >= 15 is 0 Å². The SMILES string of the molecule is CCCCCCCCCc1ccc(-c2ccc(-c3ncc(OOCCCCCCC[C@@H](C)CC)cn3)cc2)cc1. The molecule has 0 N–H and O–H groups in total. The lowest BCUT2D eigenvalue weighted by molar-refractivity contribution is -0.207. The van der Waals surface area contributed by atoms with Gasteiger partial charge in [-0.15, -0.1) is 0 Å².